The van der Waals surface area contributed by atoms with Crippen LogP contribution >= 0.6 is 15.9 Å². The Morgan fingerprint density at radius 1 is 1.37 bits per heavy atom. The molecule has 2 N–H and O–H groups in total. The lowest BCUT2D eigenvalue weighted by Gasteiger charge is -2.16. The van der Waals surface area contributed by atoms with E-state index in [0.717, 1.165) is 4.47 Å². The molecule has 0 aliphatic rings. The van der Waals surface area contributed by atoms with Crippen molar-refractivity contribution in [3.05, 3.63) is 28.7 Å². The number of halogens is 1. The molecule has 0 radical (unpaired) electrons. The maximum Gasteiger partial charge on any atom is 0.304 e. The molecule has 1 atom stereocenters. The molecule has 0 spiro atoms. The van der Waals surface area contributed by atoms with E-state index in [4.69, 9.17) is 5.11 Å². The van der Waals surface area contributed by atoms with Gasteiger partial charge in [-0.05, 0) is 30.7 Å². The molecule has 0 heterocycles. The third kappa shape index (κ3) is 5.30. The van der Waals surface area contributed by atoms with E-state index in [-0.39, 0.29) is 11.3 Å². The molecule has 1 aromatic carbocycles. The van der Waals surface area contributed by atoms with Gasteiger partial charge in [0.2, 0.25) is 10.0 Å². The standard InChI is InChI=1S/C12H16BrNO4S/c1-2-3-10(8-12(15)16)14-19(17,18)11-6-4-9(13)5-7-11/h4-7,10,14H,2-3,8H2,1H3,(H,15,16). The molecule has 0 saturated heterocycles. The van der Waals surface area contributed by atoms with Crippen molar-refractivity contribution in [3.63, 3.8) is 0 Å². The van der Waals surface area contributed by atoms with E-state index in [0.29, 0.717) is 12.8 Å². The maximum atomic E-state index is 12.1. The Hall–Kier alpha value is -0.920. The maximum absolute atomic E-state index is 12.1. The van der Waals surface area contributed by atoms with Gasteiger partial charge in [0.15, 0.2) is 0 Å². The van der Waals surface area contributed by atoms with Crippen LogP contribution in [0.3, 0.4) is 0 Å². The quantitative estimate of drug-likeness (QED) is 0.791. The van der Waals surface area contributed by atoms with Gasteiger partial charge in [-0.15, -0.1) is 0 Å². The number of carbonyl (C=O) groups is 1. The zero-order chi connectivity index (χ0) is 14.5. The van der Waals surface area contributed by atoms with Crippen LogP contribution in [-0.2, 0) is 14.8 Å². The molecule has 5 nitrogen and oxygen atoms in total. The van der Waals surface area contributed by atoms with Crippen molar-refractivity contribution in [1.82, 2.24) is 4.72 Å². The lowest BCUT2D eigenvalue weighted by molar-refractivity contribution is -0.137. The highest BCUT2D eigenvalue weighted by Gasteiger charge is 2.21. The first-order chi connectivity index (χ1) is 8.85. The Bertz CT molecular complexity index is 527. The molecule has 0 aliphatic carbocycles. The van der Waals surface area contributed by atoms with Gasteiger partial charge in [0.25, 0.3) is 0 Å². The molecular weight excluding hydrogens is 334 g/mol. The normalized spacial score (nSPS) is 13.2. The summed E-state index contributed by atoms with van der Waals surface area (Å²) < 4.78 is 27.4. The second-order valence-corrected chi connectivity index (χ2v) is 6.79. The van der Waals surface area contributed by atoms with Crippen LogP contribution in [0.15, 0.2) is 33.6 Å². The SMILES string of the molecule is CCCC(CC(=O)O)NS(=O)(=O)c1ccc(Br)cc1. The van der Waals surface area contributed by atoms with Crippen LogP contribution in [0.4, 0.5) is 0 Å². The van der Waals surface area contributed by atoms with Gasteiger partial charge in [0, 0.05) is 10.5 Å². The molecule has 7 heteroatoms. The topological polar surface area (TPSA) is 83.5 Å². The molecule has 0 amide bonds. The Kier molecular flexibility index (Phi) is 5.96. The van der Waals surface area contributed by atoms with Crippen LogP contribution in [0, 0.1) is 0 Å². The van der Waals surface area contributed by atoms with Gasteiger partial charge in [-0.2, -0.15) is 0 Å². The summed E-state index contributed by atoms with van der Waals surface area (Å²) in [6.45, 7) is 1.88. The van der Waals surface area contributed by atoms with Crippen LogP contribution < -0.4 is 4.72 Å². The van der Waals surface area contributed by atoms with E-state index >= 15 is 0 Å². The van der Waals surface area contributed by atoms with E-state index in [1.54, 1.807) is 12.1 Å². The molecule has 1 aromatic rings. The number of sulfonamides is 1. The number of benzene rings is 1. The van der Waals surface area contributed by atoms with E-state index in [1.165, 1.54) is 12.1 Å². The Balaban J connectivity index is 2.87. The predicted molar refractivity (Wildman–Crippen MR) is 75.4 cm³/mol. The van der Waals surface area contributed by atoms with Crippen molar-refractivity contribution < 1.29 is 18.3 Å². The molecule has 0 aliphatic heterocycles. The number of hydrogen-bond donors (Lipinski definition) is 2. The van der Waals surface area contributed by atoms with Crippen molar-refractivity contribution in [3.8, 4) is 0 Å². The molecule has 0 bridgehead atoms. The first-order valence-corrected chi connectivity index (χ1v) is 8.12. The van der Waals surface area contributed by atoms with E-state index in [9.17, 15) is 13.2 Å². The van der Waals surface area contributed by atoms with Gasteiger partial charge in [0.1, 0.15) is 0 Å². The summed E-state index contributed by atoms with van der Waals surface area (Å²) in [5, 5.41) is 8.77. The van der Waals surface area contributed by atoms with Gasteiger partial charge in [-0.25, -0.2) is 13.1 Å². The monoisotopic (exact) mass is 349 g/mol. The van der Waals surface area contributed by atoms with Crippen LogP contribution in [0.25, 0.3) is 0 Å². The summed E-state index contributed by atoms with van der Waals surface area (Å²) in [5.41, 5.74) is 0. The Morgan fingerprint density at radius 2 is 1.95 bits per heavy atom. The number of nitrogens with one attached hydrogen (secondary N) is 1. The number of aliphatic carboxylic acids is 1. The fraction of sp³-hybridized carbons (Fsp3) is 0.417. The van der Waals surface area contributed by atoms with Crippen molar-refractivity contribution in [2.75, 3.05) is 0 Å². The fourth-order valence-corrected chi connectivity index (χ4v) is 3.20. The summed E-state index contributed by atoms with van der Waals surface area (Å²) in [5.74, 6) is -1.02. The molecule has 0 saturated carbocycles. The average molecular weight is 350 g/mol. The molecule has 1 unspecified atom stereocenters. The lowest BCUT2D eigenvalue weighted by atomic mass is 10.1. The lowest BCUT2D eigenvalue weighted by Crippen LogP contribution is -2.36. The molecule has 106 valence electrons. The van der Waals surface area contributed by atoms with Crippen molar-refractivity contribution >= 4 is 31.9 Å². The number of hydrogen-bond acceptors (Lipinski definition) is 3. The average Bonchev–Trinajstić information content (AvgIpc) is 2.28. The van der Waals surface area contributed by atoms with Gasteiger partial charge in [-0.3, -0.25) is 4.79 Å². The van der Waals surface area contributed by atoms with Crippen LogP contribution in [0.2, 0.25) is 0 Å². The zero-order valence-corrected chi connectivity index (χ0v) is 12.9. The third-order valence-corrected chi connectivity index (χ3v) is 4.57. The van der Waals surface area contributed by atoms with Gasteiger partial charge < -0.3 is 5.11 Å². The largest absolute Gasteiger partial charge is 0.481 e. The van der Waals surface area contributed by atoms with Crippen LogP contribution in [-0.4, -0.2) is 25.5 Å². The minimum atomic E-state index is -3.68. The smallest absolute Gasteiger partial charge is 0.304 e. The van der Waals surface area contributed by atoms with Crippen molar-refractivity contribution in [1.29, 1.82) is 0 Å². The minimum Gasteiger partial charge on any atom is -0.481 e. The van der Waals surface area contributed by atoms with E-state index in [1.807, 2.05) is 6.92 Å². The molecule has 0 aromatic heterocycles. The van der Waals surface area contributed by atoms with Crippen LogP contribution in [0.5, 0.6) is 0 Å². The van der Waals surface area contributed by atoms with Crippen molar-refractivity contribution in [2.45, 2.75) is 37.1 Å². The minimum absolute atomic E-state index is 0.127. The Morgan fingerprint density at radius 3 is 2.42 bits per heavy atom. The number of carboxylic acids is 1. The highest BCUT2D eigenvalue weighted by atomic mass is 79.9. The number of carboxylic acid groups (broad SMARTS) is 1. The zero-order valence-electron chi connectivity index (χ0n) is 10.5. The Labute approximate surface area is 121 Å². The molecule has 1 rings (SSSR count). The predicted octanol–water partition coefficient (Wildman–Crippen LogP) is 2.37. The molecule has 19 heavy (non-hydrogen) atoms. The van der Waals surface area contributed by atoms with Crippen LogP contribution in [0.1, 0.15) is 26.2 Å². The first kappa shape index (κ1) is 16.1. The first-order valence-electron chi connectivity index (χ1n) is 5.85. The summed E-state index contributed by atoms with van der Waals surface area (Å²) in [7, 11) is -3.68. The highest BCUT2D eigenvalue weighted by Crippen LogP contribution is 2.16. The molecular formula is C12H16BrNO4S. The summed E-state index contributed by atoms with van der Waals surface area (Å²) in [4.78, 5) is 10.8. The van der Waals surface area contributed by atoms with Gasteiger partial charge in [-0.1, -0.05) is 29.3 Å². The second kappa shape index (κ2) is 7.02. The molecule has 0 fully saturated rings. The van der Waals surface area contributed by atoms with Gasteiger partial charge in [0.05, 0.1) is 11.3 Å². The third-order valence-electron chi connectivity index (χ3n) is 2.50. The summed E-state index contributed by atoms with van der Waals surface area (Å²) in [6.07, 6.45) is 0.979. The fourth-order valence-electron chi connectivity index (χ4n) is 1.66. The summed E-state index contributed by atoms with van der Waals surface area (Å²) >= 11 is 3.23. The van der Waals surface area contributed by atoms with Gasteiger partial charge >= 0.3 is 5.97 Å². The van der Waals surface area contributed by atoms with E-state index in [2.05, 4.69) is 20.7 Å². The number of rotatable bonds is 7. The van der Waals surface area contributed by atoms with Crippen molar-refractivity contribution in [2.24, 2.45) is 0 Å². The highest BCUT2D eigenvalue weighted by molar-refractivity contribution is 9.10. The summed E-state index contributed by atoms with van der Waals surface area (Å²) in [6, 6.07) is 5.60. The second-order valence-electron chi connectivity index (χ2n) is 4.16. The van der Waals surface area contributed by atoms with E-state index < -0.39 is 22.0 Å².